The van der Waals surface area contributed by atoms with Crippen LogP contribution in [0.25, 0.3) is 0 Å². The van der Waals surface area contributed by atoms with Crippen molar-refractivity contribution in [3.05, 3.63) is 109 Å². The molecule has 12 N–H and O–H groups in total. The minimum atomic E-state index is -1.98. The van der Waals surface area contributed by atoms with Crippen molar-refractivity contribution in [2.75, 3.05) is 26.4 Å². The van der Waals surface area contributed by atoms with E-state index in [0.717, 1.165) is 77.0 Å². The number of unbranched alkanes of at least 4 members (excludes halogenated alkanes) is 4. The molecule has 78 heavy (non-hydrogen) atoms. The Morgan fingerprint density at radius 2 is 0.872 bits per heavy atom. The van der Waals surface area contributed by atoms with Gasteiger partial charge in [-0.15, -0.1) is 0 Å². The van der Waals surface area contributed by atoms with Gasteiger partial charge in [-0.1, -0.05) is 149 Å². The number of allylic oxidation sites excluding steroid dienone is 18. The standard InChI is InChI=1S/C59H95NO18/c1-3-5-7-9-10-11-12-13-14-15-16-17-18-19-20-21-22-23-24-25-26-27-28-29-30-31-32-33-35-37-47(65)60-42(43(64)36-34-8-6-4-2)41-73-57-53(71)50(68)55(45(39-62)75-57)78-59-54(72)51(69)56(46(40-63)76-59)77-58-52(70)49(67)48(66)44(38-61)74-58/h5,7,10-11,13-14,16-17,19-20,22-23,25-26,28-29,31-32,42-46,48-59,61-64,66-72H,3-4,6,8-9,12,15,18,21,24,27,30,33-41H2,1-2H3,(H,60,65)/b7-5-,11-10-,14-13-,17-16-,20-19-,23-22-,26-25-,29-28-,32-31-. The molecule has 17 unspecified atom stereocenters. The topological polar surface area (TPSA) is 307 Å². The molecule has 0 aliphatic carbocycles. The number of nitrogens with one attached hydrogen (secondary N) is 1. The molecule has 19 nitrogen and oxygen atoms in total. The first-order valence-electron chi connectivity index (χ1n) is 28.1. The van der Waals surface area contributed by atoms with Crippen LogP contribution < -0.4 is 5.32 Å². The number of hydrogen-bond acceptors (Lipinski definition) is 18. The van der Waals surface area contributed by atoms with Gasteiger partial charge in [-0.3, -0.25) is 4.79 Å². The van der Waals surface area contributed by atoms with Crippen LogP contribution >= 0.6 is 0 Å². The molecule has 3 aliphatic heterocycles. The summed E-state index contributed by atoms with van der Waals surface area (Å²) in [5.41, 5.74) is 0. The van der Waals surface area contributed by atoms with E-state index in [0.29, 0.717) is 25.7 Å². The van der Waals surface area contributed by atoms with Crippen molar-refractivity contribution in [3.63, 3.8) is 0 Å². The highest BCUT2D eigenvalue weighted by Gasteiger charge is 2.53. The molecule has 3 saturated heterocycles. The maximum Gasteiger partial charge on any atom is 0.220 e. The number of rotatable bonds is 38. The number of ether oxygens (including phenoxy) is 6. The smallest absolute Gasteiger partial charge is 0.220 e. The number of carbonyl (C=O) groups excluding carboxylic acids is 1. The van der Waals surface area contributed by atoms with E-state index in [1.165, 1.54) is 0 Å². The maximum absolute atomic E-state index is 13.1. The summed E-state index contributed by atoms with van der Waals surface area (Å²) in [5.74, 6) is -0.317. The average molecular weight is 1110 g/mol. The Bertz CT molecular complexity index is 1850. The summed E-state index contributed by atoms with van der Waals surface area (Å²) in [4.78, 5) is 13.1. The highest BCUT2D eigenvalue weighted by atomic mass is 16.8. The van der Waals surface area contributed by atoms with Gasteiger partial charge in [0.05, 0.1) is 38.6 Å². The Balaban J connectivity index is 1.39. The molecule has 3 aliphatic rings. The second kappa shape index (κ2) is 41.4. The lowest BCUT2D eigenvalue weighted by molar-refractivity contribution is -0.379. The normalized spacial score (nSPS) is 31.3. The summed E-state index contributed by atoms with van der Waals surface area (Å²) in [6, 6.07) is -0.921. The zero-order valence-electron chi connectivity index (χ0n) is 45.8. The van der Waals surface area contributed by atoms with Gasteiger partial charge in [0, 0.05) is 6.42 Å². The molecule has 3 heterocycles. The second-order valence-corrected chi connectivity index (χ2v) is 19.7. The van der Waals surface area contributed by atoms with Crippen LogP contribution in [0.2, 0.25) is 0 Å². The summed E-state index contributed by atoms with van der Waals surface area (Å²) in [7, 11) is 0. The molecule has 3 fully saturated rings. The van der Waals surface area contributed by atoms with E-state index in [9.17, 15) is 61.0 Å². The van der Waals surface area contributed by atoms with Gasteiger partial charge in [-0.25, -0.2) is 0 Å². The molecule has 19 heteroatoms. The third-order valence-electron chi connectivity index (χ3n) is 13.4. The van der Waals surface area contributed by atoms with E-state index in [1.54, 1.807) is 0 Å². The van der Waals surface area contributed by atoms with Crippen molar-refractivity contribution in [1.29, 1.82) is 0 Å². The summed E-state index contributed by atoms with van der Waals surface area (Å²) in [5, 5.41) is 119. The van der Waals surface area contributed by atoms with Crippen LogP contribution in [0.1, 0.15) is 123 Å². The largest absolute Gasteiger partial charge is 0.394 e. The molecule has 0 saturated carbocycles. The lowest BCUT2D eigenvalue weighted by Gasteiger charge is -2.48. The molecule has 1 amide bonds. The van der Waals surface area contributed by atoms with Crippen molar-refractivity contribution in [2.45, 2.75) is 227 Å². The highest BCUT2D eigenvalue weighted by molar-refractivity contribution is 5.76. The molecule has 17 atom stereocenters. The third-order valence-corrected chi connectivity index (χ3v) is 13.4. The predicted molar refractivity (Wildman–Crippen MR) is 295 cm³/mol. The zero-order chi connectivity index (χ0) is 56.9. The van der Waals surface area contributed by atoms with Gasteiger partial charge in [0.1, 0.15) is 73.2 Å². The van der Waals surface area contributed by atoms with Gasteiger partial charge >= 0.3 is 0 Å². The quantitative estimate of drug-likeness (QED) is 0.0307. The van der Waals surface area contributed by atoms with Gasteiger partial charge in [0.15, 0.2) is 18.9 Å². The van der Waals surface area contributed by atoms with E-state index in [1.807, 2.05) is 12.2 Å². The third kappa shape index (κ3) is 25.5. The molecule has 0 spiro atoms. The summed E-state index contributed by atoms with van der Waals surface area (Å²) in [6.45, 7) is 1.43. The average Bonchev–Trinajstić information content (AvgIpc) is 3.48. The Hall–Kier alpha value is -3.55. The van der Waals surface area contributed by atoms with E-state index in [-0.39, 0.29) is 18.9 Å². The second-order valence-electron chi connectivity index (χ2n) is 19.7. The Labute approximate surface area is 462 Å². The van der Waals surface area contributed by atoms with Crippen LogP contribution in [0, 0.1) is 0 Å². The molecule has 0 aromatic heterocycles. The minimum Gasteiger partial charge on any atom is -0.394 e. The van der Waals surface area contributed by atoms with E-state index in [4.69, 9.17) is 28.4 Å². The first-order valence-corrected chi connectivity index (χ1v) is 28.1. The molecule has 3 rings (SSSR count). The summed E-state index contributed by atoms with van der Waals surface area (Å²) in [6.07, 6.45) is 25.8. The van der Waals surface area contributed by atoms with Crippen LogP contribution in [-0.2, 0) is 33.2 Å². The highest BCUT2D eigenvalue weighted by Crippen LogP contribution is 2.33. The fraction of sp³-hybridized carbons (Fsp3) is 0.678. The number of aliphatic hydroxyl groups is 11. The Morgan fingerprint density at radius 3 is 1.31 bits per heavy atom. The lowest BCUT2D eigenvalue weighted by atomic mass is 9.96. The number of hydrogen-bond donors (Lipinski definition) is 12. The number of amides is 1. The Kier molecular flexibility index (Phi) is 36.5. The minimum absolute atomic E-state index is 0.176. The van der Waals surface area contributed by atoms with E-state index >= 15 is 0 Å². The molecule has 444 valence electrons. The van der Waals surface area contributed by atoms with Crippen LogP contribution in [0.5, 0.6) is 0 Å². The van der Waals surface area contributed by atoms with Crippen molar-refractivity contribution < 1.29 is 89.4 Å². The van der Waals surface area contributed by atoms with Gasteiger partial charge in [0.25, 0.3) is 0 Å². The van der Waals surface area contributed by atoms with Crippen LogP contribution in [0.4, 0.5) is 0 Å². The molecule has 0 aromatic rings. The fourth-order valence-corrected chi connectivity index (χ4v) is 8.72. The van der Waals surface area contributed by atoms with E-state index < -0.39 is 124 Å². The molecule has 0 aromatic carbocycles. The monoisotopic (exact) mass is 1110 g/mol. The predicted octanol–water partition coefficient (Wildman–Crippen LogP) is 3.97. The molecule has 0 radical (unpaired) electrons. The maximum atomic E-state index is 13.1. The Morgan fingerprint density at radius 1 is 0.474 bits per heavy atom. The fourth-order valence-electron chi connectivity index (χ4n) is 8.72. The van der Waals surface area contributed by atoms with Crippen LogP contribution in [-0.4, -0.2) is 193 Å². The molecular formula is C59H95NO18. The lowest BCUT2D eigenvalue weighted by Crippen LogP contribution is -2.66. The van der Waals surface area contributed by atoms with Crippen molar-refractivity contribution in [1.82, 2.24) is 5.32 Å². The summed E-state index contributed by atoms with van der Waals surface area (Å²) >= 11 is 0. The van der Waals surface area contributed by atoms with Crippen LogP contribution in [0.15, 0.2) is 109 Å². The van der Waals surface area contributed by atoms with Crippen molar-refractivity contribution >= 4 is 5.91 Å². The SMILES string of the molecule is CC/C=C\C/C=C\C/C=C\C/C=C\C/C=C\C/C=C\C/C=C\C/C=C\C/C=C\CCCC(=O)NC(COC1OC(CO)C(OC2OC(CO)C(OC3OC(CO)C(O)C(O)C3O)C(O)C2O)C(O)C1O)C(O)CCCCCC. The number of aliphatic hydroxyl groups excluding tert-OH is 11. The van der Waals surface area contributed by atoms with E-state index in [2.05, 4.69) is 116 Å². The zero-order valence-corrected chi connectivity index (χ0v) is 45.8. The first-order chi connectivity index (χ1) is 37.8. The summed E-state index contributed by atoms with van der Waals surface area (Å²) < 4.78 is 34.0. The van der Waals surface area contributed by atoms with Gasteiger partial charge in [0.2, 0.25) is 5.91 Å². The molecule has 0 bridgehead atoms. The first kappa shape index (κ1) is 68.7. The van der Waals surface area contributed by atoms with Crippen molar-refractivity contribution in [3.8, 4) is 0 Å². The molecular weight excluding hydrogens is 1010 g/mol. The van der Waals surface area contributed by atoms with Crippen LogP contribution in [0.3, 0.4) is 0 Å². The van der Waals surface area contributed by atoms with Gasteiger partial charge in [-0.05, 0) is 77.0 Å². The number of carbonyl (C=O) groups is 1. The van der Waals surface area contributed by atoms with Crippen molar-refractivity contribution in [2.24, 2.45) is 0 Å². The van der Waals surface area contributed by atoms with Gasteiger partial charge < -0.3 is 89.9 Å². The van der Waals surface area contributed by atoms with Gasteiger partial charge in [-0.2, -0.15) is 0 Å².